The molecule has 1 heterocycles. The fourth-order valence-electron chi connectivity index (χ4n) is 2.57. The van der Waals surface area contributed by atoms with Crippen LogP contribution < -0.4 is 10.1 Å². The van der Waals surface area contributed by atoms with Crippen molar-refractivity contribution < 1.29 is 9.53 Å². The lowest BCUT2D eigenvalue weighted by atomic mass is 10.00. The number of carbonyl (C=O) groups is 1. The van der Waals surface area contributed by atoms with E-state index in [1.54, 1.807) is 7.11 Å². The van der Waals surface area contributed by atoms with Crippen molar-refractivity contribution in [1.82, 2.24) is 10.2 Å². The van der Waals surface area contributed by atoms with Gasteiger partial charge in [-0.25, -0.2) is 0 Å². The van der Waals surface area contributed by atoms with Crippen molar-refractivity contribution in [2.24, 2.45) is 0 Å². The summed E-state index contributed by atoms with van der Waals surface area (Å²) in [5.74, 6) is 0.935. The van der Waals surface area contributed by atoms with Gasteiger partial charge in [0.05, 0.1) is 13.2 Å². The van der Waals surface area contributed by atoms with Crippen LogP contribution in [-0.4, -0.2) is 50.0 Å². The first-order valence-electron chi connectivity index (χ1n) is 6.89. The van der Waals surface area contributed by atoms with E-state index >= 15 is 0 Å². The van der Waals surface area contributed by atoms with Gasteiger partial charge in [-0.2, -0.15) is 0 Å². The van der Waals surface area contributed by atoms with Gasteiger partial charge >= 0.3 is 0 Å². The second-order valence-corrected chi connectivity index (χ2v) is 4.81. The van der Waals surface area contributed by atoms with Gasteiger partial charge in [0.15, 0.2) is 5.78 Å². The largest absolute Gasteiger partial charge is 0.497 e. The monoisotopic (exact) mass is 262 g/mol. The van der Waals surface area contributed by atoms with Crippen LogP contribution in [0.5, 0.6) is 5.75 Å². The highest BCUT2D eigenvalue weighted by Crippen LogP contribution is 2.17. The number of nitrogens with one attached hydrogen (secondary N) is 1. The van der Waals surface area contributed by atoms with Crippen molar-refractivity contribution in [3.05, 3.63) is 29.8 Å². The van der Waals surface area contributed by atoms with Crippen LogP contribution in [-0.2, 0) is 0 Å². The second-order valence-electron chi connectivity index (χ2n) is 4.81. The number of hydrogen-bond acceptors (Lipinski definition) is 4. The summed E-state index contributed by atoms with van der Waals surface area (Å²) in [4.78, 5) is 14.9. The van der Waals surface area contributed by atoms with Gasteiger partial charge in [-0.15, -0.1) is 0 Å². The number of hydrogen-bond donors (Lipinski definition) is 1. The van der Waals surface area contributed by atoms with E-state index in [-0.39, 0.29) is 11.8 Å². The summed E-state index contributed by atoms with van der Waals surface area (Å²) in [5.41, 5.74) is 0.740. The number of piperazine rings is 1. The molecule has 0 bridgehead atoms. The van der Waals surface area contributed by atoms with E-state index in [0.717, 1.165) is 43.9 Å². The van der Waals surface area contributed by atoms with Crippen LogP contribution in [0, 0.1) is 0 Å². The van der Waals surface area contributed by atoms with Gasteiger partial charge in [0.1, 0.15) is 5.75 Å². The molecule has 4 nitrogen and oxygen atoms in total. The predicted octanol–water partition coefficient (Wildman–Crippen LogP) is 1.56. The molecular weight excluding hydrogens is 240 g/mol. The number of Topliss-reactive ketones (excluding diaryl/α,β-unsaturated/α-hetero) is 1. The van der Waals surface area contributed by atoms with Crippen molar-refractivity contribution in [3.8, 4) is 5.75 Å². The Morgan fingerprint density at radius 3 is 2.79 bits per heavy atom. The zero-order valence-electron chi connectivity index (χ0n) is 11.7. The Morgan fingerprint density at radius 1 is 1.42 bits per heavy atom. The minimum absolute atomic E-state index is 0.0193. The van der Waals surface area contributed by atoms with Crippen LogP contribution in [0.15, 0.2) is 24.3 Å². The van der Waals surface area contributed by atoms with Gasteiger partial charge in [-0.3, -0.25) is 9.69 Å². The van der Waals surface area contributed by atoms with E-state index in [0.29, 0.717) is 0 Å². The highest BCUT2D eigenvalue weighted by Gasteiger charge is 2.26. The number of nitrogens with zero attached hydrogens (tertiary/aromatic N) is 1. The molecule has 1 unspecified atom stereocenters. The Balaban J connectivity index is 2.14. The summed E-state index contributed by atoms with van der Waals surface area (Å²) in [7, 11) is 1.62. The van der Waals surface area contributed by atoms with Crippen molar-refractivity contribution >= 4 is 5.78 Å². The highest BCUT2D eigenvalue weighted by atomic mass is 16.5. The fourth-order valence-corrected chi connectivity index (χ4v) is 2.57. The van der Waals surface area contributed by atoms with Gasteiger partial charge in [-0.05, 0) is 18.6 Å². The molecule has 2 rings (SSSR count). The van der Waals surface area contributed by atoms with E-state index in [4.69, 9.17) is 4.74 Å². The summed E-state index contributed by atoms with van der Waals surface area (Å²) in [6, 6.07) is 7.41. The highest BCUT2D eigenvalue weighted by molar-refractivity contribution is 6.00. The lowest BCUT2D eigenvalue weighted by Crippen LogP contribution is -2.51. The Hall–Kier alpha value is -1.39. The molecule has 0 aromatic heterocycles. The molecule has 1 aliphatic rings. The zero-order chi connectivity index (χ0) is 13.7. The lowest BCUT2D eigenvalue weighted by molar-refractivity contribution is 0.0789. The van der Waals surface area contributed by atoms with E-state index in [1.807, 2.05) is 24.3 Å². The van der Waals surface area contributed by atoms with Crippen molar-refractivity contribution in [2.45, 2.75) is 19.4 Å². The van der Waals surface area contributed by atoms with Crippen LogP contribution in [0.25, 0.3) is 0 Å². The quantitative estimate of drug-likeness (QED) is 0.818. The molecule has 1 saturated heterocycles. The average Bonchev–Trinajstić information content (AvgIpc) is 2.49. The van der Waals surface area contributed by atoms with Crippen LogP contribution >= 0.6 is 0 Å². The van der Waals surface area contributed by atoms with Gasteiger partial charge in [-0.1, -0.05) is 19.1 Å². The molecule has 1 aliphatic heterocycles. The number of carbonyl (C=O) groups excluding carboxylic acids is 1. The summed E-state index contributed by atoms with van der Waals surface area (Å²) >= 11 is 0. The number of benzene rings is 1. The van der Waals surface area contributed by atoms with Gasteiger partial charge in [0, 0.05) is 31.7 Å². The maximum Gasteiger partial charge on any atom is 0.180 e. The molecule has 19 heavy (non-hydrogen) atoms. The summed E-state index contributed by atoms with van der Waals surface area (Å²) < 4.78 is 5.19. The van der Waals surface area contributed by atoms with Gasteiger partial charge in [0.2, 0.25) is 0 Å². The lowest BCUT2D eigenvalue weighted by Gasteiger charge is -2.33. The topological polar surface area (TPSA) is 41.6 Å². The number of ether oxygens (including phenoxy) is 1. The molecule has 0 saturated carbocycles. The van der Waals surface area contributed by atoms with Crippen molar-refractivity contribution in [2.75, 3.05) is 33.3 Å². The number of ketones is 1. The second kappa shape index (κ2) is 6.68. The maximum atomic E-state index is 12.6. The molecule has 1 atom stereocenters. The van der Waals surface area contributed by atoms with Crippen LogP contribution in [0.1, 0.15) is 23.7 Å². The first kappa shape index (κ1) is 14.0. The molecule has 4 heteroatoms. The van der Waals surface area contributed by atoms with Crippen LogP contribution in [0.2, 0.25) is 0 Å². The summed E-state index contributed by atoms with van der Waals surface area (Å²) in [6.07, 6.45) is 0.843. The summed E-state index contributed by atoms with van der Waals surface area (Å²) in [5, 5.41) is 3.32. The first-order valence-corrected chi connectivity index (χ1v) is 6.89. The van der Waals surface area contributed by atoms with Gasteiger partial charge in [0.25, 0.3) is 0 Å². The molecule has 0 aliphatic carbocycles. The molecule has 0 radical (unpaired) electrons. The average molecular weight is 262 g/mol. The third-order valence-corrected chi connectivity index (χ3v) is 3.64. The molecule has 1 N–H and O–H groups in total. The minimum atomic E-state index is -0.0193. The third-order valence-electron chi connectivity index (χ3n) is 3.64. The van der Waals surface area contributed by atoms with Crippen molar-refractivity contribution in [3.63, 3.8) is 0 Å². The molecular formula is C15H22N2O2. The van der Waals surface area contributed by atoms with E-state index in [1.165, 1.54) is 0 Å². The Morgan fingerprint density at radius 2 is 2.16 bits per heavy atom. The standard InChI is InChI=1S/C15H22N2O2/c1-3-14(17-9-7-16-8-10-17)15(18)12-5-4-6-13(11-12)19-2/h4-6,11,14,16H,3,7-10H2,1-2H3. The number of methoxy groups -OCH3 is 1. The Labute approximate surface area is 114 Å². The van der Waals surface area contributed by atoms with Crippen molar-refractivity contribution in [1.29, 1.82) is 0 Å². The van der Waals surface area contributed by atoms with Crippen LogP contribution in [0.3, 0.4) is 0 Å². The number of rotatable bonds is 5. The third kappa shape index (κ3) is 3.33. The molecule has 0 amide bonds. The Kier molecular flexibility index (Phi) is 4.93. The normalized spacial score (nSPS) is 18.0. The fraction of sp³-hybridized carbons (Fsp3) is 0.533. The van der Waals surface area contributed by atoms with Crippen LogP contribution in [0.4, 0.5) is 0 Å². The van der Waals surface area contributed by atoms with E-state index in [9.17, 15) is 4.79 Å². The molecule has 1 aromatic carbocycles. The zero-order valence-corrected chi connectivity index (χ0v) is 11.7. The van der Waals surface area contributed by atoms with E-state index in [2.05, 4.69) is 17.1 Å². The molecule has 1 aromatic rings. The maximum absolute atomic E-state index is 12.6. The van der Waals surface area contributed by atoms with E-state index < -0.39 is 0 Å². The summed E-state index contributed by atoms with van der Waals surface area (Å²) in [6.45, 7) is 5.87. The first-order chi connectivity index (χ1) is 9.26. The molecule has 0 spiro atoms. The molecule has 1 fully saturated rings. The Bertz CT molecular complexity index is 428. The van der Waals surface area contributed by atoms with Gasteiger partial charge < -0.3 is 10.1 Å². The molecule has 104 valence electrons. The minimum Gasteiger partial charge on any atom is -0.497 e. The SMILES string of the molecule is CCC(C(=O)c1cccc(OC)c1)N1CCNCC1. The predicted molar refractivity (Wildman–Crippen MR) is 75.8 cm³/mol. The smallest absolute Gasteiger partial charge is 0.180 e.